The molecule has 0 unspecified atom stereocenters. The van der Waals surface area contributed by atoms with Crippen molar-refractivity contribution < 1.29 is 4.74 Å². The first-order valence-electron chi connectivity index (χ1n) is 7.79. The van der Waals surface area contributed by atoms with Crippen LogP contribution < -0.4 is 15.4 Å². The summed E-state index contributed by atoms with van der Waals surface area (Å²) in [6.45, 7) is 4.90. The van der Waals surface area contributed by atoms with Gasteiger partial charge in [0.25, 0.3) is 0 Å². The highest BCUT2D eigenvalue weighted by Crippen LogP contribution is 2.19. The number of unbranched alkanes of at least 4 members (excludes halogenated alkanes) is 1. The molecule has 0 atom stereocenters. The van der Waals surface area contributed by atoms with Gasteiger partial charge in [0.05, 0.1) is 7.11 Å². The number of nitrogens with zero attached hydrogens (tertiary/aromatic N) is 1. The second-order valence-electron chi connectivity index (χ2n) is 5.34. The smallest absolute Gasteiger partial charge is 0.125 e. The van der Waals surface area contributed by atoms with Gasteiger partial charge in [0.15, 0.2) is 0 Å². The molecule has 0 aliphatic heterocycles. The topological polar surface area (TPSA) is 46.2 Å². The van der Waals surface area contributed by atoms with Gasteiger partial charge < -0.3 is 15.4 Å². The fraction of sp³-hybridized carbons (Fsp3) is 0.389. The number of aryl methyl sites for hydroxylation is 1. The maximum Gasteiger partial charge on any atom is 0.125 e. The van der Waals surface area contributed by atoms with Crippen molar-refractivity contribution in [2.45, 2.75) is 26.3 Å². The molecule has 1 heterocycles. The number of hydrogen-bond donors (Lipinski definition) is 2. The van der Waals surface area contributed by atoms with Crippen LogP contribution in [0.4, 0.5) is 5.82 Å². The Bertz CT molecular complexity index is 558. The summed E-state index contributed by atoms with van der Waals surface area (Å²) in [6, 6.07) is 12.2. The molecule has 118 valence electrons. The number of anilines is 1. The highest BCUT2D eigenvalue weighted by atomic mass is 16.5. The number of pyridine rings is 1. The van der Waals surface area contributed by atoms with Crippen molar-refractivity contribution >= 4 is 5.82 Å². The Morgan fingerprint density at radius 3 is 2.73 bits per heavy atom. The summed E-state index contributed by atoms with van der Waals surface area (Å²) in [4.78, 5) is 4.24. The summed E-state index contributed by atoms with van der Waals surface area (Å²) >= 11 is 0. The minimum atomic E-state index is 0.846. The molecule has 0 saturated carbocycles. The lowest BCUT2D eigenvalue weighted by atomic mass is 10.1. The number of methoxy groups -OCH3 is 1. The molecule has 2 aromatic rings. The van der Waals surface area contributed by atoms with Crippen LogP contribution in [0.5, 0.6) is 5.75 Å². The van der Waals surface area contributed by atoms with E-state index in [1.165, 1.54) is 11.1 Å². The van der Waals surface area contributed by atoms with Crippen molar-refractivity contribution in [3.63, 3.8) is 0 Å². The molecule has 4 heteroatoms. The van der Waals surface area contributed by atoms with E-state index in [4.69, 9.17) is 4.74 Å². The Labute approximate surface area is 132 Å². The summed E-state index contributed by atoms with van der Waals surface area (Å²) in [5.74, 6) is 1.90. The van der Waals surface area contributed by atoms with Gasteiger partial charge in [0.2, 0.25) is 0 Å². The molecule has 0 fully saturated rings. The zero-order valence-electron chi connectivity index (χ0n) is 13.4. The molecule has 0 spiro atoms. The molecular formula is C18H25N3O. The highest BCUT2D eigenvalue weighted by Gasteiger charge is 2.02. The third-order valence-electron chi connectivity index (χ3n) is 3.50. The van der Waals surface area contributed by atoms with Crippen molar-refractivity contribution in [2.75, 3.05) is 25.5 Å². The van der Waals surface area contributed by atoms with Crippen molar-refractivity contribution in [1.82, 2.24) is 10.3 Å². The molecule has 4 nitrogen and oxygen atoms in total. The van der Waals surface area contributed by atoms with Gasteiger partial charge in [0, 0.05) is 24.8 Å². The van der Waals surface area contributed by atoms with Crippen molar-refractivity contribution in [2.24, 2.45) is 0 Å². The van der Waals surface area contributed by atoms with E-state index in [9.17, 15) is 0 Å². The van der Waals surface area contributed by atoms with E-state index in [1.807, 2.05) is 24.3 Å². The molecule has 1 aromatic carbocycles. The van der Waals surface area contributed by atoms with Gasteiger partial charge in [0.1, 0.15) is 11.6 Å². The highest BCUT2D eigenvalue weighted by molar-refractivity contribution is 5.36. The largest absolute Gasteiger partial charge is 0.496 e. The van der Waals surface area contributed by atoms with Crippen LogP contribution in [-0.2, 0) is 6.54 Å². The van der Waals surface area contributed by atoms with E-state index in [-0.39, 0.29) is 0 Å². The molecule has 0 saturated heterocycles. The first-order valence-corrected chi connectivity index (χ1v) is 7.79. The molecule has 0 amide bonds. The van der Waals surface area contributed by atoms with E-state index >= 15 is 0 Å². The van der Waals surface area contributed by atoms with Crippen LogP contribution in [0.2, 0.25) is 0 Å². The standard InChI is InChI=1S/C18H25N3O/c1-15-8-9-17(22-2)16(13-15)14-19-10-5-6-12-21-18-7-3-4-11-20-18/h3-4,7-9,11,13,19H,5-6,10,12,14H2,1-2H3,(H,20,21). The average Bonchev–Trinajstić information content (AvgIpc) is 2.55. The van der Waals surface area contributed by atoms with Crippen molar-refractivity contribution in [3.05, 3.63) is 53.7 Å². The molecule has 2 N–H and O–H groups in total. The van der Waals surface area contributed by atoms with Crippen molar-refractivity contribution in [3.8, 4) is 5.75 Å². The Kier molecular flexibility index (Phi) is 6.71. The summed E-state index contributed by atoms with van der Waals surface area (Å²) in [5, 5.41) is 6.80. The monoisotopic (exact) mass is 299 g/mol. The molecule has 0 aliphatic rings. The molecule has 0 aliphatic carbocycles. The third kappa shape index (κ3) is 5.37. The summed E-state index contributed by atoms with van der Waals surface area (Å²) in [6.07, 6.45) is 4.06. The molecule has 22 heavy (non-hydrogen) atoms. The van der Waals surface area contributed by atoms with Crippen LogP contribution in [-0.4, -0.2) is 25.2 Å². The molecule has 1 aromatic heterocycles. The van der Waals surface area contributed by atoms with Gasteiger partial charge in [-0.25, -0.2) is 4.98 Å². The van der Waals surface area contributed by atoms with Crippen LogP contribution >= 0.6 is 0 Å². The van der Waals surface area contributed by atoms with Gasteiger partial charge in [-0.05, 0) is 44.5 Å². The zero-order valence-corrected chi connectivity index (χ0v) is 13.4. The summed E-state index contributed by atoms with van der Waals surface area (Å²) in [5.41, 5.74) is 2.48. The van der Waals surface area contributed by atoms with Crippen LogP contribution in [0.1, 0.15) is 24.0 Å². The fourth-order valence-corrected chi connectivity index (χ4v) is 2.33. The lowest BCUT2D eigenvalue weighted by Crippen LogP contribution is -2.16. The number of benzene rings is 1. The minimum absolute atomic E-state index is 0.846. The SMILES string of the molecule is COc1ccc(C)cc1CNCCCCNc1ccccn1. The Hall–Kier alpha value is -2.07. The van der Waals surface area contributed by atoms with Gasteiger partial charge in [-0.1, -0.05) is 23.8 Å². The lowest BCUT2D eigenvalue weighted by molar-refractivity contribution is 0.407. The molecule has 2 rings (SSSR count). The normalized spacial score (nSPS) is 10.5. The van der Waals surface area contributed by atoms with E-state index in [0.717, 1.165) is 44.0 Å². The average molecular weight is 299 g/mol. The second-order valence-corrected chi connectivity index (χ2v) is 5.34. The molecular weight excluding hydrogens is 274 g/mol. The Balaban J connectivity index is 1.60. The summed E-state index contributed by atoms with van der Waals surface area (Å²) in [7, 11) is 1.72. The number of rotatable bonds is 9. The van der Waals surface area contributed by atoms with Crippen LogP contribution in [0.25, 0.3) is 0 Å². The lowest BCUT2D eigenvalue weighted by Gasteiger charge is -2.11. The van der Waals surface area contributed by atoms with E-state index < -0.39 is 0 Å². The van der Waals surface area contributed by atoms with E-state index in [1.54, 1.807) is 13.3 Å². The van der Waals surface area contributed by atoms with Crippen molar-refractivity contribution in [1.29, 1.82) is 0 Å². The Morgan fingerprint density at radius 2 is 1.95 bits per heavy atom. The molecule has 0 radical (unpaired) electrons. The van der Waals surface area contributed by atoms with Gasteiger partial charge in [-0.15, -0.1) is 0 Å². The maximum absolute atomic E-state index is 5.39. The Morgan fingerprint density at radius 1 is 1.09 bits per heavy atom. The fourth-order valence-electron chi connectivity index (χ4n) is 2.33. The van der Waals surface area contributed by atoms with Gasteiger partial charge in [-0.3, -0.25) is 0 Å². The van der Waals surface area contributed by atoms with E-state index in [0.29, 0.717) is 0 Å². The second kappa shape index (κ2) is 9.05. The summed E-state index contributed by atoms with van der Waals surface area (Å²) < 4.78 is 5.39. The van der Waals surface area contributed by atoms with Crippen LogP contribution in [0.3, 0.4) is 0 Å². The van der Waals surface area contributed by atoms with Crippen LogP contribution in [0, 0.1) is 6.92 Å². The predicted molar refractivity (Wildman–Crippen MR) is 91.4 cm³/mol. The number of ether oxygens (including phenoxy) is 1. The van der Waals surface area contributed by atoms with E-state index in [2.05, 4.69) is 34.7 Å². The van der Waals surface area contributed by atoms with Crippen LogP contribution in [0.15, 0.2) is 42.6 Å². The third-order valence-corrected chi connectivity index (χ3v) is 3.50. The van der Waals surface area contributed by atoms with Gasteiger partial charge >= 0.3 is 0 Å². The number of nitrogens with one attached hydrogen (secondary N) is 2. The van der Waals surface area contributed by atoms with Gasteiger partial charge in [-0.2, -0.15) is 0 Å². The molecule has 0 bridgehead atoms. The first-order chi connectivity index (χ1) is 10.8. The number of aromatic nitrogens is 1. The quantitative estimate of drug-likeness (QED) is 0.697. The first kappa shape index (κ1) is 16.3. The minimum Gasteiger partial charge on any atom is -0.496 e. The predicted octanol–water partition coefficient (Wildman–Crippen LogP) is 3.38. The maximum atomic E-state index is 5.39. The zero-order chi connectivity index (χ0) is 15.6. The number of hydrogen-bond acceptors (Lipinski definition) is 4.